The summed E-state index contributed by atoms with van der Waals surface area (Å²) in [4.78, 5) is 13.3. The number of hydrogen-bond donors (Lipinski definition) is 1. The Labute approximate surface area is 169 Å². The number of aliphatic carboxylic acids is 1. The first-order valence-electron chi connectivity index (χ1n) is 9.90. The van der Waals surface area contributed by atoms with Crippen molar-refractivity contribution in [2.45, 2.75) is 51.2 Å². The molecule has 1 aliphatic heterocycles. The fraction of sp³-hybridized carbons (Fsp3) is 0.435. The molecule has 1 N–H and O–H groups in total. The number of nitrogens with zero attached hydrogens (tertiary/aromatic N) is 1. The lowest BCUT2D eigenvalue weighted by Crippen LogP contribution is -2.37. The average Bonchev–Trinajstić information content (AvgIpc) is 2.67. The number of alkyl halides is 3. The predicted octanol–water partition coefficient (Wildman–Crippen LogP) is 6.26. The fourth-order valence-electron chi connectivity index (χ4n) is 4.07. The Bertz CT molecular complexity index is 846. The van der Waals surface area contributed by atoms with Crippen LogP contribution in [-0.4, -0.2) is 17.6 Å². The Hall–Kier alpha value is -2.50. The van der Waals surface area contributed by atoms with Gasteiger partial charge >= 0.3 is 12.1 Å². The van der Waals surface area contributed by atoms with Crippen LogP contribution in [0.25, 0.3) is 0 Å². The molecule has 0 saturated carbocycles. The van der Waals surface area contributed by atoms with Crippen LogP contribution in [-0.2, 0) is 11.0 Å². The molecule has 0 spiro atoms. The van der Waals surface area contributed by atoms with Gasteiger partial charge in [-0.2, -0.15) is 13.2 Å². The maximum Gasteiger partial charge on any atom is 0.416 e. The summed E-state index contributed by atoms with van der Waals surface area (Å²) in [5.74, 6) is -0.532. The van der Waals surface area contributed by atoms with E-state index < -0.39 is 17.7 Å². The van der Waals surface area contributed by atoms with Crippen LogP contribution in [0.1, 0.15) is 61.8 Å². The van der Waals surface area contributed by atoms with Crippen molar-refractivity contribution in [3.05, 3.63) is 65.2 Å². The largest absolute Gasteiger partial charge is 0.481 e. The molecule has 1 heterocycles. The predicted molar refractivity (Wildman–Crippen MR) is 107 cm³/mol. The normalized spacial score (nSPS) is 20.1. The second-order valence-electron chi connectivity index (χ2n) is 8.07. The molecule has 29 heavy (non-hydrogen) atoms. The van der Waals surface area contributed by atoms with Crippen molar-refractivity contribution >= 4 is 11.7 Å². The van der Waals surface area contributed by atoms with Crippen LogP contribution in [0.4, 0.5) is 18.9 Å². The van der Waals surface area contributed by atoms with Gasteiger partial charge in [0, 0.05) is 18.7 Å². The first-order chi connectivity index (χ1) is 13.6. The van der Waals surface area contributed by atoms with Crippen LogP contribution < -0.4 is 4.90 Å². The summed E-state index contributed by atoms with van der Waals surface area (Å²) >= 11 is 0. The number of halogens is 3. The number of carboxylic acids is 1. The molecule has 1 saturated heterocycles. The maximum atomic E-state index is 13.2. The van der Waals surface area contributed by atoms with Crippen LogP contribution in [0.2, 0.25) is 0 Å². The van der Waals surface area contributed by atoms with Crippen LogP contribution >= 0.6 is 0 Å². The lowest BCUT2D eigenvalue weighted by atomic mass is 9.84. The van der Waals surface area contributed by atoms with E-state index in [0.717, 1.165) is 11.8 Å². The molecule has 6 heteroatoms. The van der Waals surface area contributed by atoms with Gasteiger partial charge < -0.3 is 10.0 Å². The number of anilines is 1. The van der Waals surface area contributed by atoms with E-state index in [2.05, 4.69) is 18.7 Å². The van der Waals surface area contributed by atoms with Gasteiger partial charge in [0.05, 0.1) is 11.6 Å². The summed E-state index contributed by atoms with van der Waals surface area (Å²) < 4.78 is 39.7. The fourth-order valence-corrected chi connectivity index (χ4v) is 4.07. The number of benzene rings is 2. The monoisotopic (exact) mass is 405 g/mol. The molecule has 0 bridgehead atoms. The molecular formula is C23H26F3NO2. The van der Waals surface area contributed by atoms with E-state index in [0.29, 0.717) is 30.9 Å². The molecule has 2 aromatic carbocycles. The molecule has 0 amide bonds. The van der Waals surface area contributed by atoms with Gasteiger partial charge in [0.25, 0.3) is 0 Å². The third-order valence-electron chi connectivity index (χ3n) is 5.66. The van der Waals surface area contributed by atoms with E-state index in [1.54, 1.807) is 6.07 Å². The van der Waals surface area contributed by atoms with Gasteiger partial charge in [-0.15, -0.1) is 0 Å². The Balaban J connectivity index is 1.95. The Morgan fingerprint density at radius 3 is 2.45 bits per heavy atom. The number of piperidine rings is 1. The molecule has 0 radical (unpaired) electrons. The van der Waals surface area contributed by atoms with Crippen LogP contribution in [0.15, 0.2) is 48.5 Å². The highest BCUT2D eigenvalue weighted by atomic mass is 19.4. The van der Waals surface area contributed by atoms with Crippen LogP contribution in [0, 0.1) is 5.92 Å². The number of carbonyl (C=O) groups is 1. The van der Waals surface area contributed by atoms with Crippen molar-refractivity contribution in [1.82, 2.24) is 0 Å². The van der Waals surface area contributed by atoms with E-state index in [4.69, 9.17) is 0 Å². The molecule has 2 aromatic rings. The van der Waals surface area contributed by atoms with Gasteiger partial charge in [-0.1, -0.05) is 38.1 Å². The lowest BCUT2D eigenvalue weighted by molar-refractivity contribution is -0.138. The van der Waals surface area contributed by atoms with Crippen molar-refractivity contribution in [3.63, 3.8) is 0 Å². The molecule has 3 rings (SSSR count). The van der Waals surface area contributed by atoms with Gasteiger partial charge in [-0.05, 0) is 60.1 Å². The van der Waals surface area contributed by atoms with Crippen LogP contribution in [0.5, 0.6) is 0 Å². The molecule has 1 fully saturated rings. The van der Waals surface area contributed by atoms with Crippen molar-refractivity contribution in [2.24, 2.45) is 5.92 Å². The molecule has 1 aliphatic rings. The minimum absolute atomic E-state index is 0.0373. The second-order valence-corrected chi connectivity index (χ2v) is 8.07. The van der Waals surface area contributed by atoms with E-state index in [1.165, 1.54) is 17.7 Å². The van der Waals surface area contributed by atoms with Gasteiger partial charge in [0.2, 0.25) is 0 Å². The van der Waals surface area contributed by atoms with Crippen LogP contribution in [0.3, 0.4) is 0 Å². The van der Waals surface area contributed by atoms with Crippen molar-refractivity contribution < 1.29 is 23.1 Å². The molecule has 2 atom stereocenters. The number of carboxylic acid groups (broad SMARTS) is 1. The molecule has 0 aliphatic carbocycles. The summed E-state index contributed by atoms with van der Waals surface area (Å²) in [7, 11) is 0. The highest BCUT2D eigenvalue weighted by Crippen LogP contribution is 2.40. The summed E-state index contributed by atoms with van der Waals surface area (Å²) in [5, 5.41) is 9.18. The second kappa shape index (κ2) is 8.47. The van der Waals surface area contributed by atoms with Crippen molar-refractivity contribution in [3.8, 4) is 0 Å². The maximum absolute atomic E-state index is 13.2. The molecule has 156 valence electrons. The average molecular weight is 405 g/mol. The number of hydrogen-bond acceptors (Lipinski definition) is 2. The zero-order valence-electron chi connectivity index (χ0n) is 16.6. The van der Waals surface area contributed by atoms with Gasteiger partial charge in [0.15, 0.2) is 0 Å². The first kappa shape index (κ1) is 21.2. The zero-order chi connectivity index (χ0) is 21.2. The smallest absolute Gasteiger partial charge is 0.416 e. The molecule has 3 nitrogen and oxygen atoms in total. The Morgan fingerprint density at radius 2 is 1.86 bits per heavy atom. The van der Waals surface area contributed by atoms with Gasteiger partial charge in [-0.25, -0.2) is 0 Å². The van der Waals surface area contributed by atoms with E-state index in [9.17, 15) is 23.1 Å². The lowest BCUT2D eigenvalue weighted by Gasteiger charge is -2.41. The van der Waals surface area contributed by atoms with Gasteiger partial charge in [0.1, 0.15) is 0 Å². The highest BCUT2D eigenvalue weighted by molar-refractivity contribution is 5.67. The Kier molecular flexibility index (Phi) is 6.20. The third-order valence-corrected chi connectivity index (χ3v) is 5.66. The summed E-state index contributed by atoms with van der Waals surface area (Å²) in [6.07, 6.45) is -3.16. The quantitative estimate of drug-likeness (QED) is 0.638. The zero-order valence-corrected chi connectivity index (χ0v) is 16.6. The van der Waals surface area contributed by atoms with Gasteiger partial charge in [-0.3, -0.25) is 4.79 Å². The summed E-state index contributed by atoms with van der Waals surface area (Å²) in [5.41, 5.74) is 2.05. The van der Waals surface area contributed by atoms with Crippen molar-refractivity contribution in [1.29, 1.82) is 0 Å². The topological polar surface area (TPSA) is 40.5 Å². The van der Waals surface area contributed by atoms with E-state index in [1.807, 2.05) is 24.3 Å². The molecular weight excluding hydrogens is 379 g/mol. The van der Waals surface area contributed by atoms with E-state index >= 15 is 0 Å². The Morgan fingerprint density at radius 1 is 1.17 bits per heavy atom. The SMILES string of the molecule is CC(C)c1ccc(N2CCC(CC(=O)O)CC2c2cccc(C(F)(F)F)c2)cc1. The molecule has 0 aromatic heterocycles. The third kappa shape index (κ3) is 5.11. The summed E-state index contributed by atoms with van der Waals surface area (Å²) in [6.45, 7) is 4.83. The van der Waals surface area contributed by atoms with E-state index in [-0.39, 0.29) is 18.4 Å². The van der Waals surface area contributed by atoms with Crippen molar-refractivity contribution in [2.75, 3.05) is 11.4 Å². The minimum Gasteiger partial charge on any atom is -0.481 e. The number of rotatable bonds is 5. The first-order valence-corrected chi connectivity index (χ1v) is 9.90. The summed E-state index contributed by atoms with van der Waals surface area (Å²) in [6, 6.07) is 13.2. The molecule has 2 unspecified atom stereocenters. The highest BCUT2D eigenvalue weighted by Gasteiger charge is 2.34. The minimum atomic E-state index is -4.41. The standard InChI is InChI=1S/C23H26F3NO2/c1-15(2)17-6-8-20(9-7-17)27-11-10-16(13-22(28)29)12-21(27)18-4-3-5-19(14-18)23(24,25)26/h3-9,14-16,21H,10-13H2,1-2H3,(H,28,29).